The number of carbonyl (C=O) groups is 2. The van der Waals surface area contributed by atoms with Crippen LogP contribution >= 0.6 is 63.7 Å². The Bertz CT molecular complexity index is 706. The molecule has 0 aliphatic heterocycles. The first-order valence-electron chi connectivity index (χ1n) is 7.20. The van der Waals surface area contributed by atoms with E-state index in [4.69, 9.17) is 14.6 Å². The highest BCUT2D eigenvalue weighted by atomic mass is 79.9. The van der Waals surface area contributed by atoms with Crippen molar-refractivity contribution in [3.8, 4) is 0 Å². The lowest BCUT2D eigenvalue weighted by molar-refractivity contribution is -0.234. The van der Waals surface area contributed by atoms with Crippen molar-refractivity contribution in [3.63, 3.8) is 0 Å². The predicted molar refractivity (Wildman–Crippen MR) is 107 cm³/mol. The number of benzene rings is 1. The van der Waals surface area contributed by atoms with Crippen molar-refractivity contribution in [3.05, 3.63) is 29.0 Å². The summed E-state index contributed by atoms with van der Waals surface area (Å²) in [6.45, 7) is 2.30. The Morgan fingerprint density at radius 3 is 2.04 bits per heavy atom. The van der Waals surface area contributed by atoms with Gasteiger partial charge in [-0.2, -0.15) is 0 Å². The zero-order chi connectivity index (χ0) is 20.2. The Balaban J connectivity index is 3.10. The first kappa shape index (κ1) is 24.0. The molecule has 146 valence electrons. The number of aromatic carboxylic acids is 1. The van der Waals surface area contributed by atoms with Crippen LogP contribution in [0.4, 0.5) is 0 Å². The van der Waals surface area contributed by atoms with Gasteiger partial charge < -0.3 is 24.8 Å². The van der Waals surface area contributed by atoms with Gasteiger partial charge in [0.05, 0.1) is 17.2 Å². The molecule has 26 heavy (non-hydrogen) atoms. The van der Waals surface area contributed by atoms with Crippen LogP contribution in [0, 0.1) is 0 Å². The van der Waals surface area contributed by atoms with Crippen LogP contribution in [0.2, 0.25) is 0 Å². The van der Waals surface area contributed by atoms with Gasteiger partial charge in [-0.1, -0.05) is 0 Å². The lowest BCUT2D eigenvalue weighted by atomic mass is 10.1. The Labute approximate surface area is 183 Å². The molecule has 1 aromatic carbocycles. The van der Waals surface area contributed by atoms with Gasteiger partial charge >= 0.3 is 11.9 Å². The number of hydrogen-bond acceptors (Lipinski definition) is 6. The highest BCUT2D eigenvalue weighted by molar-refractivity contribution is 9.15. The average molecular weight is 628 g/mol. The highest BCUT2D eigenvalue weighted by Gasteiger charge is 2.31. The normalized spacial score (nSPS) is 14.6. The van der Waals surface area contributed by atoms with E-state index in [1.807, 2.05) is 0 Å². The van der Waals surface area contributed by atoms with E-state index in [1.54, 1.807) is 6.92 Å². The number of carboxylic acid groups (broad SMARTS) is 1. The zero-order valence-electron chi connectivity index (χ0n) is 13.7. The number of esters is 1. The quantitative estimate of drug-likeness (QED) is 0.172. The Kier molecular flexibility index (Phi) is 9.18. The van der Waals surface area contributed by atoms with E-state index < -0.39 is 30.4 Å². The maximum atomic E-state index is 12.5. The first-order valence-corrected chi connectivity index (χ1v) is 10.4. The topological polar surface area (TPSA) is 113 Å². The molecular formula is C15H16Br4O7. The van der Waals surface area contributed by atoms with Gasteiger partial charge in [0.15, 0.2) is 5.79 Å². The Morgan fingerprint density at radius 2 is 1.58 bits per heavy atom. The zero-order valence-corrected chi connectivity index (χ0v) is 20.0. The molecule has 0 spiro atoms. The standard InChI is InChI=1S/C15H16Br4O7/c1-6(3-4-20)26-15(2,24)5-25-14(23)8-7(13(21)22)9(16)11(18)12(19)10(8)17/h6,20,24H,3-5H2,1-2H3,(H,21,22). The minimum absolute atomic E-state index is 0.118. The highest BCUT2D eigenvalue weighted by Crippen LogP contribution is 2.42. The fourth-order valence-electron chi connectivity index (χ4n) is 2.00. The van der Waals surface area contributed by atoms with Gasteiger partial charge in [0.25, 0.3) is 0 Å². The molecule has 2 atom stereocenters. The molecular weight excluding hydrogens is 612 g/mol. The third-order valence-corrected chi connectivity index (χ3v) is 7.92. The molecule has 0 saturated heterocycles. The number of carboxylic acids is 1. The van der Waals surface area contributed by atoms with Crippen LogP contribution < -0.4 is 0 Å². The number of aliphatic hydroxyl groups is 2. The summed E-state index contributed by atoms with van der Waals surface area (Å²) in [6.07, 6.45) is -0.170. The monoisotopic (exact) mass is 624 g/mol. The van der Waals surface area contributed by atoms with E-state index in [9.17, 15) is 19.8 Å². The predicted octanol–water partition coefficient (Wildman–Crippen LogP) is 4.09. The van der Waals surface area contributed by atoms with Gasteiger partial charge in [-0.25, -0.2) is 9.59 Å². The average Bonchev–Trinajstić information content (AvgIpc) is 2.53. The summed E-state index contributed by atoms with van der Waals surface area (Å²) < 4.78 is 11.5. The van der Waals surface area contributed by atoms with Crippen molar-refractivity contribution in [2.45, 2.75) is 32.2 Å². The summed E-state index contributed by atoms with van der Waals surface area (Å²) in [5, 5.41) is 28.5. The summed E-state index contributed by atoms with van der Waals surface area (Å²) in [4.78, 5) is 24.1. The van der Waals surface area contributed by atoms with Gasteiger partial charge in [0, 0.05) is 24.5 Å². The van der Waals surface area contributed by atoms with E-state index in [-0.39, 0.29) is 26.7 Å². The summed E-state index contributed by atoms with van der Waals surface area (Å²) in [6, 6.07) is 0. The third-order valence-electron chi connectivity index (χ3n) is 3.15. The van der Waals surface area contributed by atoms with Crippen molar-refractivity contribution in [2.24, 2.45) is 0 Å². The van der Waals surface area contributed by atoms with E-state index in [0.717, 1.165) is 0 Å². The minimum atomic E-state index is -1.80. The summed E-state index contributed by atoms with van der Waals surface area (Å²) in [5.41, 5.74) is -0.523. The van der Waals surface area contributed by atoms with Crippen molar-refractivity contribution in [1.29, 1.82) is 0 Å². The largest absolute Gasteiger partial charge is 0.478 e. The van der Waals surface area contributed by atoms with Crippen molar-refractivity contribution in [1.82, 2.24) is 0 Å². The van der Waals surface area contributed by atoms with Gasteiger partial charge in [-0.05, 0) is 84.0 Å². The maximum Gasteiger partial charge on any atom is 0.340 e. The van der Waals surface area contributed by atoms with Gasteiger partial charge in [0.2, 0.25) is 0 Å². The second kappa shape index (κ2) is 9.94. The van der Waals surface area contributed by atoms with Crippen LogP contribution in [0.3, 0.4) is 0 Å². The number of halogens is 4. The van der Waals surface area contributed by atoms with Crippen LogP contribution in [0.15, 0.2) is 17.9 Å². The second-order valence-electron chi connectivity index (χ2n) is 5.50. The molecule has 0 saturated carbocycles. The molecule has 0 heterocycles. The first-order chi connectivity index (χ1) is 11.9. The van der Waals surface area contributed by atoms with Crippen LogP contribution in [0.25, 0.3) is 0 Å². The Morgan fingerprint density at radius 1 is 1.08 bits per heavy atom. The fourth-order valence-corrected chi connectivity index (χ4v) is 4.45. The summed E-state index contributed by atoms with van der Waals surface area (Å²) in [5.74, 6) is -4.09. The van der Waals surface area contributed by atoms with Crippen LogP contribution in [-0.4, -0.2) is 52.4 Å². The molecule has 0 radical (unpaired) electrons. The van der Waals surface area contributed by atoms with Gasteiger partial charge in [0.1, 0.15) is 6.61 Å². The van der Waals surface area contributed by atoms with Crippen LogP contribution in [0.5, 0.6) is 0 Å². The smallest absolute Gasteiger partial charge is 0.340 e. The number of aliphatic hydroxyl groups excluding tert-OH is 1. The van der Waals surface area contributed by atoms with Crippen molar-refractivity contribution < 1.29 is 34.4 Å². The lowest BCUT2D eigenvalue weighted by Gasteiger charge is -2.27. The molecule has 0 fully saturated rings. The molecule has 1 aromatic rings. The van der Waals surface area contributed by atoms with E-state index in [0.29, 0.717) is 15.4 Å². The molecule has 0 aliphatic rings. The van der Waals surface area contributed by atoms with Gasteiger partial charge in [-0.3, -0.25) is 0 Å². The number of ether oxygens (including phenoxy) is 2. The van der Waals surface area contributed by atoms with E-state index in [2.05, 4.69) is 63.7 Å². The van der Waals surface area contributed by atoms with E-state index >= 15 is 0 Å². The third kappa shape index (κ3) is 5.98. The molecule has 0 aromatic heterocycles. The molecule has 0 amide bonds. The summed E-state index contributed by atoms with van der Waals surface area (Å²) in [7, 11) is 0. The maximum absolute atomic E-state index is 12.5. The fraction of sp³-hybridized carbons (Fsp3) is 0.467. The molecule has 7 nitrogen and oxygen atoms in total. The molecule has 1 rings (SSSR count). The molecule has 11 heteroatoms. The molecule has 3 N–H and O–H groups in total. The van der Waals surface area contributed by atoms with Crippen LogP contribution in [0.1, 0.15) is 41.0 Å². The lowest BCUT2D eigenvalue weighted by Crippen LogP contribution is -2.38. The van der Waals surface area contributed by atoms with Crippen molar-refractivity contribution >= 4 is 75.7 Å². The van der Waals surface area contributed by atoms with Gasteiger partial charge in [-0.15, -0.1) is 0 Å². The molecule has 0 aliphatic carbocycles. The second-order valence-corrected chi connectivity index (χ2v) is 8.67. The number of hydrogen-bond donors (Lipinski definition) is 3. The summed E-state index contributed by atoms with van der Waals surface area (Å²) >= 11 is 12.8. The van der Waals surface area contributed by atoms with Crippen LogP contribution in [-0.2, 0) is 9.47 Å². The number of carbonyl (C=O) groups excluding carboxylic acids is 1. The minimum Gasteiger partial charge on any atom is -0.478 e. The number of rotatable bonds is 8. The SMILES string of the molecule is CC(CCO)OC(C)(O)COC(=O)c1c(Br)c(Br)c(Br)c(Br)c1C(=O)O. The molecule has 0 bridgehead atoms. The molecule has 2 unspecified atom stereocenters. The van der Waals surface area contributed by atoms with Crippen molar-refractivity contribution in [2.75, 3.05) is 13.2 Å². The van der Waals surface area contributed by atoms with E-state index in [1.165, 1.54) is 6.92 Å². The Hall–Kier alpha value is -0.0400.